The predicted molar refractivity (Wildman–Crippen MR) is 160 cm³/mol. The van der Waals surface area contributed by atoms with E-state index in [0.29, 0.717) is 23.8 Å². The van der Waals surface area contributed by atoms with Gasteiger partial charge in [0.05, 0.1) is 18.2 Å². The Morgan fingerprint density at radius 2 is 1.82 bits per heavy atom. The van der Waals surface area contributed by atoms with E-state index in [2.05, 4.69) is 15.6 Å². The third-order valence-electron chi connectivity index (χ3n) is 7.24. The highest BCUT2D eigenvalue weighted by molar-refractivity contribution is 7.98. The minimum atomic E-state index is -4.63. The van der Waals surface area contributed by atoms with Gasteiger partial charge in [-0.15, -0.1) is 0 Å². The molecule has 0 unspecified atom stereocenters. The van der Waals surface area contributed by atoms with Crippen LogP contribution in [0.15, 0.2) is 48.7 Å². The van der Waals surface area contributed by atoms with Crippen molar-refractivity contribution in [2.45, 2.75) is 57.9 Å². The molecule has 2 atom stereocenters. The number of hydrogen-bond acceptors (Lipinski definition) is 7. The van der Waals surface area contributed by atoms with E-state index >= 15 is 0 Å². The molecule has 0 aliphatic carbocycles. The van der Waals surface area contributed by atoms with Gasteiger partial charge in [0.1, 0.15) is 11.7 Å². The molecule has 14 heteroatoms. The molecule has 0 spiro atoms. The molecule has 236 valence electrons. The zero-order valence-corrected chi connectivity index (χ0v) is 25.6. The second-order valence-corrected chi connectivity index (χ2v) is 11.8. The van der Waals surface area contributed by atoms with Crippen LogP contribution >= 0.6 is 11.8 Å². The maximum absolute atomic E-state index is 13.5. The number of pyridine rings is 1. The van der Waals surface area contributed by atoms with Crippen molar-refractivity contribution in [2.75, 3.05) is 25.1 Å². The van der Waals surface area contributed by atoms with Crippen LogP contribution in [0, 0.1) is 5.92 Å². The molecule has 2 N–H and O–H groups in total. The standard InChI is InChI=1S/C30H36F3N7O3S/c1-19(2)25-27-37-26(20-8-5-4-6-9-20)38-40(27)16-15-39(29(43)21-11-12-23(34-18-21)30(31,32)33)14-7-10-24(41)35-22(13-17-44-3)28(42)36-25/h4-6,8-9,11-12,18-19,22,25H,7,10,13-17H2,1-3H3,(H,35,41)(H,36,42)/t22-,25+/m0/s1. The number of nitrogens with zero attached hydrogens (tertiary/aromatic N) is 5. The summed E-state index contributed by atoms with van der Waals surface area (Å²) in [5, 5.41) is 10.7. The molecular formula is C30H36F3N7O3S. The van der Waals surface area contributed by atoms with Gasteiger partial charge in [0.25, 0.3) is 5.91 Å². The van der Waals surface area contributed by atoms with Crippen molar-refractivity contribution in [2.24, 2.45) is 5.92 Å². The first-order valence-corrected chi connectivity index (χ1v) is 15.8. The summed E-state index contributed by atoms with van der Waals surface area (Å²) >= 11 is 1.56. The SMILES string of the molecule is CSCC[C@@H]1NC(=O)CCCN(C(=O)c2ccc(C(F)(F)F)nc2)CCn2nc(-c3ccccc3)nc2[C@@H](C(C)C)NC1=O. The van der Waals surface area contributed by atoms with E-state index in [-0.39, 0.29) is 55.8 Å². The Kier molecular flexibility index (Phi) is 11.0. The first-order valence-electron chi connectivity index (χ1n) is 14.4. The summed E-state index contributed by atoms with van der Waals surface area (Å²) in [4.78, 5) is 49.6. The van der Waals surface area contributed by atoms with E-state index < -0.39 is 29.9 Å². The van der Waals surface area contributed by atoms with E-state index in [9.17, 15) is 27.6 Å². The monoisotopic (exact) mass is 631 g/mol. The van der Waals surface area contributed by atoms with Crippen molar-refractivity contribution in [1.82, 2.24) is 35.3 Å². The fourth-order valence-electron chi connectivity index (χ4n) is 4.84. The number of hydrogen-bond donors (Lipinski definition) is 2. The highest BCUT2D eigenvalue weighted by atomic mass is 32.2. The number of nitrogens with one attached hydrogen (secondary N) is 2. The topological polar surface area (TPSA) is 122 Å². The number of amides is 3. The van der Waals surface area contributed by atoms with Crippen LogP contribution in [0.2, 0.25) is 0 Å². The van der Waals surface area contributed by atoms with Gasteiger partial charge in [-0.25, -0.2) is 9.67 Å². The fourth-order valence-corrected chi connectivity index (χ4v) is 5.32. The Morgan fingerprint density at radius 1 is 1.07 bits per heavy atom. The van der Waals surface area contributed by atoms with Crippen LogP contribution < -0.4 is 10.6 Å². The Morgan fingerprint density at radius 3 is 2.45 bits per heavy atom. The zero-order valence-electron chi connectivity index (χ0n) is 24.8. The fraction of sp³-hybridized carbons (Fsp3) is 0.467. The number of carbonyl (C=O) groups excluding carboxylic acids is 3. The number of carbonyl (C=O) groups is 3. The van der Waals surface area contributed by atoms with Gasteiger partial charge in [-0.05, 0) is 42.9 Å². The molecule has 0 saturated heterocycles. The molecule has 1 aliphatic heterocycles. The highest BCUT2D eigenvalue weighted by Gasteiger charge is 2.33. The maximum Gasteiger partial charge on any atom is 0.433 e. The largest absolute Gasteiger partial charge is 0.433 e. The number of alkyl halides is 3. The molecule has 4 rings (SSSR count). The molecule has 44 heavy (non-hydrogen) atoms. The van der Waals surface area contributed by atoms with Gasteiger partial charge >= 0.3 is 6.18 Å². The lowest BCUT2D eigenvalue weighted by Crippen LogP contribution is -2.49. The van der Waals surface area contributed by atoms with Crippen LogP contribution in [-0.2, 0) is 22.3 Å². The van der Waals surface area contributed by atoms with E-state index in [1.54, 1.807) is 16.4 Å². The summed E-state index contributed by atoms with van der Waals surface area (Å²) in [5.41, 5.74) is -0.324. The summed E-state index contributed by atoms with van der Waals surface area (Å²) in [5.74, 6) is 0.321. The van der Waals surface area contributed by atoms with Crippen LogP contribution in [0.4, 0.5) is 13.2 Å². The van der Waals surface area contributed by atoms with Gasteiger partial charge in [-0.1, -0.05) is 44.2 Å². The van der Waals surface area contributed by atoms with Crippen LogP contribution in [0.1, 0.15) is 61.0 Å². The van der Waals surface area contributed by atoms with Gasteiger partial charge in [0.2, 0.25) is 11.8 Å². The van der Waals surface area contributed by atoms with Gasteiger partial charge in [-0.3, -0.25) is 19.4 Å². The highest BCUT2D eigenvalue weighted by Crippen LogP contribution is 2.28. The van der Waals surface area contributed by atoms with Crippen molar-refractivity contribution in [1.29, 1.82) is 0 Å². The Bertz CT molecular complexity index is 1430. The molecule has 3 heterocycles. The van der Waals surface area contributed by atoms with Gasteiger partial charge < -0.3 is 15.5 Å². The first-order chi connectivity index (χ1) is 21.0. The average Bonchev–Trinajstić information content (AvgIpc) is 3.42. The molecule has 3 aromatic rings. The summed E-state index contributed by atoms with van der Waals surface area (Å²) in [7, 11) is 0. The lowest BCUT2D eigenvalue weighted by atomic mass is 10.0. The van der Waals surface area contributed by atoms with Crippen molar-refractivity contribution >= 4 is 29.5 Å². The minimum Gasteiger partial charge on any atom is -0.344 e. The number of halogens is 3. The molecule has 0 saturated carbocycles. The van der Waals surface area contributed by atoms with E-state index in [0.717, 1.165) is 23.9 Å². The van der Waals surface area contributed by atoms with Crippen molar-refractivity contribution in [3.63, 3.8) is 0 Å². The zero-order chi connectivity index (χ0) is 31.9. The average molecular weight is 632 g/mol. The minimum absolute atomic E-state index is 0.00296. The number of benzene rings is 1. The van der Waals surface area contributed by atoms with Crippen LogP contribution in [-0.4, -0.2) is 73.5 Å². The third-order valence-corrected chi connectivity index (χ3v) is 7.88. The molecule has 10 nitrogen and oxygen atoms in total. The van der Waals surface area contributed by atoms with Gasteiger partial charge in [0, 0.05) is 31.3 Å². The second kappa shape index (κ2) is 14.7. The second-order valence-electron chi connectivity index (χ2n) is 10.8. The van der Waals surface area contributed by atoms with Crippen molar-refractivity contribution < 1.29 is 27.6 Å². The number of rotatable bonds is 6. The van der Waals surface area contributed by atoms with Gasteiger partial charge in [0.15, 0.2) is 11.6 Å². The third kappa shape index (κ3) is 8.36. The molecule has 0 bridgehead atoms. The smallest absolute Gasteiger partial charge is 0.344 e. The molecule has 3 amide bonds. The van der Waals surface area contributed by atoms with E-state index in [4.69, 9.17) is 10.1 Å². The summed E-state index contributed by atoms with van der Waals surface area (Å²) in [6.45, 7) is 4.35. The molecule has 1 aliphatic rings. The summed E-state index contributed by atoms with van der Waals surface area (Å²) in [6, 6.07) is 9.90. The number of thioether (sulfide) groups is 1. The Balaban J connectivity index is 1.71. The number of fused-ring (bicyclic) bond motifs is 1. The lowest BCUT2D eigenvalue weighted by Gasteiger charge is -2.28. The number of aromatic nitrogens is 4. The van der Waals surface area contributed by atoms with Crippen molar-refractivity contribution in [3.05, 3.63) is 65.7 Å². The van der Waals surface area contributed by atoms with Crippen LogP contribution in [0.25, 0.3) is 11.4 Å². The quantitative estimate of drug-likeness (QED) is 0.415. The molecular weight excluding hydrogens is 595 g/mol. The molecule has 0 radical (unpaired) electrons. The van der Waals surface area contributed by atoms with Crippen LogP contribution in [0.5, 0.6) is 0 Å². The predicted octanol–water partition coefficient (Wildman–Crippen LogP) is 4.35. The Labute approximate surface area is 258 Å². The van der Waals surface area contributed by atoms with Crippen LogP contribution in [0.3, 0.4) is 0 Å². The van der Waals surface area contributed by atoms with E-state index in [1.807, 2.05) is 50.4 Å². The van der Waals surface area contributed by atoms with E-state index in [1.165, 1.54) is 4.90 Å². The van der Waals surface area contributed by atoms with Gasteiger partial charge in [-0.2, -0.15) is 30.0 Å². The summed E-state index contributed by atoms with van der Waals surface area (Å²) in [6.07, 6.45) is -1.04. The maximum atomic E-state index is 13.5. The van der Waals surface area contributed by atoms with Crippen molar-refractivity contribution in [3.8, 4) is 11.4 Å². The molecule has 1 aromatic carbocycles. The summed E-state index contributed by atoms with van der Waals surface area (Å²) < 4.78 is 40.9. The lowest BCUT2D eigenvalue weighted by molar-refractivity contribution is -0.141. The first kappa shape index (κ1) is 33.0. The molecule has 0 fully saturated rings. The Hall–Kier alpha value is -3.94. The molecule has 2 aromatic heterocycles. The normalized spacial score (nSPS) is 18.8.